The summed E-state index contributed by atoms with van der Waals surface area (Å²) in [5.74, 6) is -1.02. The predicted molar refractivity (Wildman–Crippen MR) is 68.8 cm³/mol. The second-order valence-corrected chi connectivity index (χ2v) is 4.58. The van der Waals surface area contributed by atoms with E-state index in [0.29, 0.717) is 15.8 Å². The lowest BCUT2D eigenvalue weighted by atomic mass is 10.2. The van der Waals surface area contributed by atoms with E-state index in [4.69, 9.17) is 23.8 Å². The second kappa shape index (κ2) is 4.70. The van der Waals surface area contributed by atoms with Crippen molar-refractivity contribution in [1.82, 2.24) is 9.55 Å². The Balaban J connectivity index is 2.71. The topological polar surface area (TPSA) is 47.0 Å². The Bertz CT molecular complexity index is 679. The van der Waals surface area contributed by atoms with Gasteiger partial charge in [0.15, 0.2) is 4.77 Å². The summed E-state index contributed by atoms with van der Waals surface area (Å²) in [6.45, 7) is 1.63. The van der Waals surface area contributed by atoms with Gasteiger partial charge in [0.25, 0.3) is 0 Å². The van der Waals surface area contributed by atoms with Crippen molar-refractivity contribution in [3.8, 4) is 0 Å². The molecule has 7 heteroatoms. The molecular formula is C11H10ClFN2O2S. The Kier molecular flexibility index (Phi) is 3.41. The number of hydrogen-bond donors (Lipinski definition) is 1. The molecule has 1 heterocycles. The van der Waals surface area contributed by atoms with Crippen LogP contribution < -0.4 is 0 Å². The van der Waals surface area contributed by atoms with Crippen molar-refractivity contribution in [3.05, 3.63) is 27.7 Å². The van der Waals surface area contributed by atoms with Crippen LogP contribution in [0.1, 0.15) is 13.0 Å². The lowest BCUT2D eigenvalue weighted by molar-refractivity contribution is -0.143. The number of hydrogen-bond acceptors (Lipinski definition) is 3. The summed E-state index contributed by atoms with van der Waals surface area (Å²) in [7, 11) is 1.29. The lowest BCUT2D eigenvalue weighted by Gasteiger charge is -2.11. The van der Waals surface area contributed by atoms with Crippen LogP contribution in [0.3, 0.4) is 0 Å². The summed E-state index contributed by atoms with van der Waals surface area (Å²) in [5, 5.41) is -0.00313. The average Bonchev–Trinajstić information content (AvgIpc) is 2.63. The van der Waals surface area contributed by atoms with Gasteiger partial charge in [-0.25, -0.2) is 9.18 Å². The molecule has 0 amide bonds. The number of nitrogens with one attached hydrogen (secondary N) is 1. The van der Waals surface area contributed by atoms with Crippen LogP contribution in [0.25, 0.3) is 11.0 Å². The Morgan fingerprint density at radius 2 is 2.28 bits per heavy atom. The Morgan fingerprint density at radius 3 is 2.89 bits per heavy atom. The molecule has 0 spiro atoms. The molecule has 1 aromatic carbocycles. The zero-order chi connectivity index (χ0) is 13.4. The van der Waals surface area contributed by atoms with Gasteiger partial charge in [-0.2, -0.15) is 0 Å². The van der Waals surface area contributed by atoms with E-state index in [1.165, 1.54) is 23.8 Å². The predicted octanol–water partition coefficient (Wildman–Crippen LogP) is 3.23. The van der Waals surface area contributed by atoms with Gasteiger partial charge in [0, 0.05) is 6.07 Å². The number of carbonyl (C=O) groups excluding carboxylic acids is 1. The smallest absolute Gasteiger partial charge is 0.328 e. The molecule has 0 saturated heterocycles. The Morgan fingerprint density at radius 1 is 1.61 bits per heavy atom. The van der Waals surface area contributed by atoms with E-state index in [9.17, 15) is 9.18 Å². The maximum atomic E-state index is 13.5. The van der Waals surface area contributed by atoms with Crippen LogP contribution in [-0.4, -0.2) is 22.6 Å². The van der Waals surface area contributed by atoms with E-state index < -0.39 is 17.8 Å². The summed E-state index contributed by atoms with van der Waals surface area (Å²) >= 11 is 10.8. The van der Waals surface area contributed by atoms with Crippen molar-refractivity contribution in [2.45, 2.75) is 13.0 Å². The zero-order valence-electron chi connectivity index (χ0n) is 9.66. The third-order valence-electron chi connectivity index (χ3n) is 2.69. The molecular weight excluding hydrogens is 279 g/mol. The molecule has 0 aliphatic carbocycles. The van der Waals surface area contributed by atoms with Crippen LogP contribution in [-0.2, 0) is 9.53 Å². The standard InChI is InChI=1S/C11H10ClFN2O2S/c1-5(10(16)17-2)15-9-4-7(13)6(12)3-8(9)14-11(15)18/h3-5H,1-2H3,(H,14,18). The fourth-order valence-electron chi connectivity index (χ4n) is 1.78. The maximum Gasteiger partial charge on any atom is 0.328 e. The Labute approximate surface area is 112 Å². The normalized spacial score (nSPS) is 12.7. The monoisotopic (exact) mass is 288 g/mol. The molecule has 18 heavy (non-hydrogen) atoms. The van der Waals surface area contributed by atoms with Crippen molar-refractivity contribution in [3.63, 3.8) is 0 Å². The first-order valence-corrected chi connectivity index (χ1v) is 5.91. The van der Waals surface area contributed by atoms with Gasteiger partial charge in [-0.05, 0) is 25.2 Å². The highest BCUT2D eigenvalue weighted by molar-refractivity contribution is 7.71. The van der Waals surface area contributed by atoms with E-state index in [1.807, 2.05) is 0 Å². The van der Waals surface area contributed by atoms with Gasteiger partial charge in [0.1, 0.15) is 11.9 Å². The first kappa shape index (κ1) is 13.0. The minimum atomic E-state index is -0.642. The molecule has 0 aliphatic heterocycles. The molecule has 2 rings (SSSR count). The van der Waals surface area contributed by atoms with Crippen molar-refractivity contribution in [2.24, 2.45) is 0 Å². The van der Waals surface area contributed by atoms with Gasteiger partial charge in [-0.1, -0.05) is 11.6 Å². The minimum Gasteiger partial charge on any atom is -0.467 e. The summed E-state index contributed by atoms with van der Waals surface area (Å²) in [6.07, 6.45) is 0. The molecule has 0 radical (unpaired) electrons. The highest BCUT2D eigenvalue weighted by atomic mass is 35.5. The number of ether oxygens (including phenoxy) is 1. The van der Waals surface area contributed by atoms with Gasteiger partial charge in [-0.3, -0.25) is 0 Å². The van der Waals surface area contributed by atoms with Crippen LogP contribution in [0.15, 0.2) is 12.1 Å². The number of fused-ring (bicyclic) bond motifs is 1. The molecule has 2 aromatic rings. The third-order valence-corrected chi connectivity index (χ3v) is 3.28. The first-order valence-electron chi connectivity index (χ1n) is 5.12. The fourth-order valence-corrected chi connectivity index (χ4v) is 2.31. The summed E-state index contributed by atoms with van der Waals surface area (Å²) in [5.41, 5.74) is 1.04. The quantitative estimate of drug-likeness (QED) is 0.682. The largest absolute Gasteiger partial charge is 0.467 e. The van der Waals surface area contributed by atoms with Crippen LogP contribution in [0.2, 0.25) is 5.02 Å². The fraction of sp³-hybridized carbons (Fsp3) is 0.273. The van der Waals surface area contributed by atoms with Crippen molar-refractivity contribution in [1.29, 1.82) is 0 Å². The van der Waals surface area contributed by atoms with Crippen LogP contribution in [0, 0.1) is 10.6 Å². The van der Waals surface area contributed by atoms with E-state index >= 15 is 0 Å². The molecule has 1 unspecified atom stereocenters. The lowest BCUT2D eigenvalue weighted by Crippen LogP contribution is -2.17. The summed E-state index contributed by atoms with van der Waals surface area (Å²) in [4.78, 5) is 14.4. The molecule has 1 aromatic heterocycles. The van der Waals surface area contributed by atoms with Crippen LogP contribution in [0.5, 0.6) is 0 Å². The number of halogens is 2. The average molecular weight is 289 g/mol. The van der Waals surface area contributed by atoms with E-state index in [0.717, 1.165) is 0 Å². The van der Waals surface area contributed by atoms with Gasteiger partial charge in [-0.15, -0.1) is 0 Å². The molecule has 0 fully saturated rings. The number of rotatable bonds is 2. The van der Waals surface area contributed by atoms with E-state index in [2.05, 4.69) is 9.72 Å². The molecule has 0 bridgehead atoms. The second-order valence-electron chi connectivity index (χ2n) is 3.78. The highest BCUT2D eigenvalue weighted by Crippen LogP contribution is 2.25. The molecule has 1 atom stereocenters. The molecule has 96 valence electrons. The number of carbonyl (C=O) groups is 1. The van der Waals surface area contributed by atoms with Crippen LogP contribution in [0.4, 0.5) is 4.39 Å². The SMILES string of the molecule is COC(=O)C(C)n1c(=S)[nH]c2cc(Cl)c(F)cc21. The maximum absolute atomic E-state index is 13.5. The zero-order valence-corrected chi connectivity index (χ0v) is 11.2. The minimum absolute atomic E-state index is 0.00313. The molecule has 4 nitrogen and oxygen atoms in total. The summed E-state index contributed by atoms with van der Waals surface area (Å²) < 4.78 is 19.9. The van der Waals surface area contributed by atoms with Gasteiger partial charge in [0.05, 0.1) is 23.2 Å². The van der Waals surface area contributed by atoms with Gasteiger partial charge < -0.3 is 14.3 Å². The highest BCUT2D eigenvalue weighted by Gasteiger charge is 2.19. The molecule has 0 aliphatic rings. The number of imidazole rings is 1. The van der Waals surface area contributed by atoms with Crippen molar-refractivity contribution >= 4 is 40.8 Å². The summed E-state index contributed by atoms with van der Waals surface area (Å²) in [6, 6.07) is 2.03. The number of methoxy groups -OCH3 is 1. The molecule has 0 saturated carbocycles. The third kappa shape index (κ3) is 2.02. The number of H-pyrrole nitrogens is 1. The van der Waals surface area contributed by atoms with E-state index in [-0.39, 0.29) is 5.02 Å². The Hall–Kier alpha value is -1.40. The number of esters is 1. The van der Waals surface area contributed by atoms with Crippen molar-refractivity contribution in [2.75, 3.05) is 7.11 Å². The number of benzene rings is 1. The molecule has 1 N–H and O–H groups in total. The number of nitrogens with zero attached hydrogens (tertiary/aromatic N) is 1. The first-order chi connectivity index (χ1) is 8.45. The number of aromatic amines is 1. The number of aromatic nitrogens is 2. The van der Waals surface area contributed by atoms with Gasteiger partial charge >= 0.3 is 5.97 Å². The van der Waals surface area contributed by atoms with Crippen LogP contribution >= 0.6 is 23.8 Å². The van der Waals surface area contributed by atoms with E-state index in [1.54, 1.807) is 6.92 Å². The van der Waals surface area contributed by atoms with Gasteiger partial charge in [0.2, 0.25) is 0 Å². The van der Waals surface area contributed by atoms with Crippen molar-refractivity contribution < 1.29 is 13.9 Å².